The first kappa shape index (κ1) is 18.7. The molecule has 0 unspecified atom stereocenters. The maximum absolute atomic E-state index is 12.4. The minimum atomic E-state index is -0.440. The molecule has 3 aromatic rings. The Morgan fingerprint density at radius 1 is 1.11 bits per heavy atom. The standard InChI is InChI=1S/C21H19NO4S/c1-3-26-21(24)19-16-6-4-5-7-17(16)27-20(19)22-18(23)13-10-14-8-11-15(25-2)12-9-14/h4-13H,3H2,1-2H3,(H,22,23)/b13-10+. The van der Waals surface area contributed by atoms with Gasteiger partial charge in [-0.25, -0.2) is 4.79 Å². The zero-order valence-electron chi connectivity index (χ0n) is 15.0. The number of carbonyl (C=O) groups excluding carboxylic acids is 2. The number of ether oxygens (including phenoxy) is 2. The second kappa shape index (κ2) is 8.51. The quantitative estimate of drug-likeness (QED) is 0.495. The van der Waals surface area contributed by atoms with Gasteiger partial charge in [0.25, 0.3) is 0 Å². The average Bonchev–Trinajstić information content (AvgIpc) is 3.04. The van der Waals surface area contributed by atoms with E-state index in [1.165, 1.54) is 17.4 Å². The zero-order chi connectivity index (χ0) is 19.2. The van der Waals surface area contributed by atoms with Gasteiger partial charge in [0, 0.05) is 16.2 Å². The molecular formula is C21H19NO4S. The molecule has 138 valence electrons. The summed E-state index contributed by atoms with van der Waals surface area (Å²) in [7, 11) is 1.60. The molecule has 5 nitrogen and oxygen atoms in total. The molecule has 1 aromatic heterocycles. The fraction of sp³-hybridized carbons (Fsp3) is 0.143. The van der Waals surface area contributed by atoms with Gasteiger partial charge < -0.3 is 14.8 Å². The van der Waals surface area contributed by atoms with Gasteiger partial charge in [0.2, 0.25) is 5.91 Å². The summed E-state index contributed by atoms with van der Waals surface area (Å²) in [5.74, 6) is -0.00624. The predicted octanol–water partition coefficient (Wildman–Crippen LogP) is 4.74. The molecule has 27 heavy (non-hydrogen) atoms. The lowest BCUT2D eigenvalue weighted by Crippen LogP contribution is -2.12. The van der Waals surface area contributed by atoms with Crippen molar-refractivity contribution in [3.8, 4) is 5.75 Å². The molecular weight excluding hydrogens is 362 g/mol. The van der Waals surface area contributed by atoms with E-state index >= 15 is 0 Å². The van der Waals surface area contributed by atoms with E-state index in [1.807, 2.05) is 48.5 Å². The van der Waals surface area contributed by atoms with E-state index in [2.05, 4.69) is 5.32 Å². The van der Waals surface area contributed by atoms with E-state index in [0.717, 1.165) is 21.4 Å². The summed E-state index contributed by atoms with van der Waals surface area (Å²) >= 11 is 1.35. The van der Waals surface area contributed by atoms with Crippen molar-refractivity contribution in [2.75, 3.05) is 19.0 Å². The molecule has 1 heterocycles. The van der Waals surface area contributed by atoms with Crippen LogP contribution in [0.3, 0.4) is 0 Å². The first-order valence-electron chi connectivity index (χ1n) is 8.44. The van der Waals surface area contributed by atoms with Crippen LogP contribution in [-0.4, -0.2) is 25.6 Å². The van der Waals surface area contributed by atoms with Gasteiger partial charge in [-0.3, -0.25) is 4.79 Å². The van der Waals surface area contributed by atoms with Crippen LogP contribution in [0.2, 0.25) is 0 Å². The monoisotopic (exact) mass is 381 g/mol. The van der Waals surface area contributed by atoms with Crippen LogP contribution in [0.1, 0.15) is 22.8 Å². The molecule has 0 atom stereocenters. The highest BCUT2D eigenvalue weighted by Crippen LogP contribution is 2.36. The lowest BCUT2D eigenvalue weighted by molar-refractivity contribution is -0.111. The molecule has 0 bridgehead atoms. The van der Waals surface area contributed by atoms with E-state index in [1.54, 1.807) is 20.1 Å². The van der Waals surface area contributed by atoms with Crippen molar-refractivity contribution in [2.24, 2.45) is 0 Å². The molecule has 0 fully saturated rings. The summed E-state index contributed by atoms with van der Waals surface area (Å²) in [5.41, 5.74) is 1.26. The van der Waals surface area contributed by atoms with Crippen LogP contribution < -0.4 is 10.1 Å². The Labute approximate surface area is 161 Å². The Morgan fingerprint density at radius 2 is 1.85 bits per heavy atom. The van der Waals surface area contributed by atoms with Crippen LogP contribution in [0.5, 0.6) is 5.75 Å². The molecule has 0 aliphatic carbocycles. The van der Waals surface area contributed by atoms with Crippen molar-refractivity contribution in [3.63, 3.8) is 0 Å². The van der Waals surface area contributed by atoms with Gasteiger partial charge in [-0.2, -0.15) is 0 Å². The summed E-state index contributed by atoms with van der Waals surface area (Å²) < 4.78 is 11.2. The highest BCUT2D eigenvalue weighted by molar-refractivity contribution is 7.23. The summed E-state index contributed by atoms with van der Waals surface area (Å²) in [6, 6.07) is 14.9. The third kappa shape index (κ3) is 4.35. The van der Waals surface area contributed by atoms with Crippen LogP contribution in [-0.2, 0) is 9.53 Å². The highest BCUT2D eigenvalue weighted by Gasteiger charge is 2.20. The van der Waals surface area contributed by atoms with Crippen molar-refractivity contribution in [2.45, 2.75) is 6.92 Å². The fourth-order valence-corrected chi connectivity index (χ4v) is 3.67. The van der Waals surface area contributed by atoms with E-state index < -0.39 is 5.97 Å². The number of nitrogens with one attached hydrogen (secondary N) is 1. The van der Waals surface area contributed by atoms with E-state index in [4.69, 9.17) is 9.47 Å². The number of esters is 1. The van der Waals surface area contributed by atoms with Gasteiger partial charge in [0.05, 0.1) is 13.7 Å². The van der Waals surface area contributed by atoms with Crippen molar-refractivity contribution in [3.05, 3.63) is 65.7 Å². The number of anilines is 1. The number of fused-ring (bicyclic) bond motifs is 1. The first-order chi connectivity index (χ1) is 13.1. The van der Waals surface area contributed by atoms with E-state index in [-0.39, 0.29) is 12.5 Å². The Hall–Kier alpha value is -3.12. The predicted molar refractivity (Wildman–Crippen MR) is 108 cm³/mol. The molecule has 3 rings (SSSR count). The SMILES string of the molecule is CCOC(=O)c1c(NC(=O)/C=C/c2ccc(OC)cc2)sc2ccccc12. The van der Waals surface area contributed by atoms with Crippen molar-refractivity contribution in [1.29, 1.82) is 0 Å². The number of rotatable bonds is 6. The number of amides is 1. The summed E-state index contributed by atoms with van der Waals surface area (Å²) in [5, 5.41) is 4.06. The Bertz CT molecular complexity index is 989. The Morgan fingerprint density at radius 3 is 2.56 bits per heavy atom. The number of hydrogen-bond acceptors (Lipinski definition) is 5. The van der Waals surface area contributed by atoms with E-state index in [0.29, 0.717) is 10.6 Å². The zero-order valence-corrected chi connectivity index (χ0v) is 15.8. The van der Waals surface area contributed by atoms with Gasteiger partial charge in [-0.15, -0.1) is 11.3 Å². The summed E-state index contributed by atoms with van der Waals surface area (Å²) in [4.78, 5) is 24.7. The largest absolute Gasteiger partial charge is 0.497 e. The molecule has 0 saturated heterocycles. The molecule has 0 radical (unpaired) electrons. The smallest absolute Gasteiger partial charge is 0.341 e. The molecule has 0 saturated carbocycles. The maximum atomic E-state index is 12.4. The third-order valence-corrected chi connectivity index (χ3v) is 4.94. The Kier molecular flexibility index (Phi) is 5.88. The van der Waals surface area contributed by atoms with E-state index in [9.17, 15) is 9.59 Å². The topological polar surface area (TPSA) is 64.6 Å². The lowest BCUT2D eigenvalue weighted by atomic mass is 10.1. The second-order valence-corrected chi connectivity index (χ2v) is 6.67. The van der Waals surface area contributed by atoms with Crippen LogP contribution in [0, 0.1) is 0 Å². The molecule has 0 spiro atoms. The minimum Gasteiger partial charge on any atom is -0.497 e. The van der Waals surface area contributed by atoms with Crippen molar-refractivity contribution >= 4 is 44.4 Å². The van der Waals surface area contributed by atoms with Crippen LogP contribution in [0.15, 0.2) is 54.6 Å². The average molecular weight is 381 g/mol. The minimum absolute atomic E-state index is 0.272. The van der Waals surface area contributed by atoms with Gasteiger partial charge >= 0.3 is 5.97 Å². The molecule has 1 amide bonds. The summed E-state index contributed by atoms with van der Waals surface area (Å²) in [6.45, 7) is 2.02. The lowest BCUT2D eigenvalue weighted by Gasteiger charge is -2.05. The second-order valence-electron chi connectivity index (χ2n) is 5.62. The summed E-state index contributed by atoms with van der Waals surface area (Å²) in [6.07, 6.45) is 3.13. The molecule has 0 aliphatic rings. The van der Waals surface area contributed by atoms with Gasteiger partial charge in [0.15, 0.2) is 0 Å². The van der Waals surface area contributed by atoms with Crippen molar-refractivity contribution < 1.29 is 19.1 Å². The molecule has 2 aromatic carbocycles. The number of hydrogen-bond donors (Lipinski definition) is 1. The van der Waals surface area contributed by atoms with Crippen molar-refractivity contribution in [1.82, 2.24) is 0 Å². The normalized spacial score (nSPS) is 10.9. The van der Waals surface area contributed by atoms with Gasteiger partial charge in [-0.05, 0) is 36.8 Å². The molecule has 6 heteroatoms. The number of carbonyl (C=O) groups is 2. The molecule has 0 aliphatic heterocycles. The van der Waals surface area contributed by atoms with Crippen LogP contribution in [0.25, 0.3) is 16.2 Å². The third-order valence-electron chi connectivity index (χ3n) is 3.85. The number of thiophene rings is 1. The maximum Gasteiger partial charge on any atom is 0.341 e. The van der Waals surface area contributed by atoms with Gasteiger partial charge in [0.1, 0.15) is 16.3 Å². The first-order valence-corrected chi connectivity index (χ1v) is 9.25. The number of methoxy groups -OCH3 is 1. The molecule has 1 N–H and O–H groups in total. The number of benzene rings is 2. The van der Waals surface area contributed by atoms with Crippen LogP contribution >= 0.6 is 11.3 Å². The van der Waals surface area contributed by atoms with Crippen LogP contribution in [0.4, 0.5) is 5.00 Å². The Balaban J connectivity index is 1.82. The highest BCUT2D eigenvalue weighted by atomic mass is 32.1. The fourth-order valence-electron chi connectivity index (χ4n) is 2.58. The van der Waals surface area contributed by atoms with Gasteiger partial charge in [-0.1, -0.05) is 30.3 Å².